The zero-order valence-electron chi connectivity index (χ0n) is 5.83. The van der Waals surface area contributed by atoms with Crippen molar-refractivity contribution in [2.45, 2.75) is 23.4 Å². The second kappa shape index (κ2) is 11.8. The van der Waals surface area contributed by atoms with Crippen LogP contribution in [0.2, 0.25) is 3.67 Å². The Hall–Kier alpha value is 1.07. The van der Waals surface area contributed by atoms with Gasteiger partial charge in [0.25, 0.3) is 11.4 Å². The van der Waals surface area contributed by atoms with E-state index in [2.05, 4.69) is 6.92 Å². The predicted octanol–water partition coefficient (Wildman–Crippen LogP) is 1.05. The van der Waals surface area contributed by atoms with Crippen molar-refractivity contribution in [1.82, 2.24) is 0 Å². The normalized spacial score (nSPS) is 8.67. The van der Waals surface area contributed by atoms with Crippen LogP contribution in [0.25, 0.3) is 0 Å². The molecule has 0 unspecified atom stereocenters. The van der Waals surface area contributed by atoms with Crippen LogP contribution in [0.15, 0.2) is 0 Å². The van der Waals surface area contributed by atoms with Crippen LogP contribution in [0.3, 0.4) is 0 Å². The Balaban J connectivity index is 0. The van der Waals surface area contributed by atoms with Crippen molar-refractivity contribution in [3.63, 3.8) is 0 Å². The Morgan fingerprint density at radius 3 is 1.89 bits per heavy atom. The topological polar surface area (TPSA) is 57.5 Å². The molecule has 0 aromatic heterocycles. The van der Waals surface area contributed by atoms with Crippen molar-refractivity contribution in [3.8, 4) is 0 Å². The van der Waals surface area contributed by atoms with Gasteiger partial charge in [-0.1, -0.05) is 0 Å². The van der Waals surface area contributed by atoms with Gasteiger partial charge in [0.1, 0.15) is 0 Å². The third kappa shape index (κ3) is 48.1. The second-order valence-electron chi connectivity index (χ2n) is 1.58. The van der Waals surface area contributed by atoms with Crippen LogP contribution in [0.5, 0.6) is 0 Å². The fraction of sp³-hybridized carbons (Fsp3) is 1.00. The van der Waals surface area contributed by atoms with Gasteiger partial charge in [0.15, 0.2) is 0 Å². The van der Waals surface area contributed by atoms with Crippen LogP contribution in [-0.4, -0.2) is 41.2 Å². The molecule has 0 fully saturated rings. The van der Waals surface area contributed by atoms with E-state index < -0.39 is 11.4 Å². The largest absolute Gasteiger partial charge is 0.299 e. The molecule has 52 valence electrons. The Morgan fingerprint density at radius 2 is 1.89 bits per heavy atom. The fourth-order valence-electron chi connectivity index (χ4n) is 0.354. The minimum Gasteiger partial charge on any atom is -0.284 e. The summed E-state index contributed by atoms with van der Waals surface area (Å²) in [5.74, 6) is 0. The Labute approximate surface area is 75.8 Å². The van der Waals surface area contributed by atoms with Crippen LogP contribution >= 0.6 is 0 Å². The summed E-state index contributed by atoms with van der Waals surface area (Å²) in [6.45, 7) is 2.23. The summed E-state index contributed by atoms with van der Waals surface area (Å²) in [5, 5.41) is 0. The molecule has 0 saturated heterocycles. The van der Waals surface area contributed by atoms with Gasteiger partial charge in [0, 0.05) is 0 Å². The summed E-state index contributed by atoms with van der Waals surface area (Å²) < 4.78 is 24.3. The van der Waals surface area contributed by atoms with E-state index in [-0.39, 0.29) is 0 Å². The summed E-state index contributed by atoms with van der Waals surface area (Å²) in [4.78, 5) is 0. The maximum Gasteiger partial charge on any atom is 0.299 e. The number of unbranched alkanes of at least 4 members (excludes halogenated alkanes) is 1. The van der Waals surface area contributed by atoms with E-state index in [1.165, 1.54) is 44.4 Å². The first-order valence-corrected chi connectivity index (χ1v) is 5.42. The van der Waals surface area contributed by atoms with Gasteiger partial charge in [-0.25, -0.2) is 0 Å². The summed E-state index contributed by atoms with van der Waals surface area (Å²) in [6.07, 6.45) is 2.83. The third-order valence-corrected chi connectivity index (χ3v) is 1.41. The molecule has 0 saturated carbocycles. The molecule has 0 spiro atoms. The second-order valence-corrected chi connectivity index (χ2v) is 3.05. The first-order valence-electron chi connectivity index (χ1n) is 2.95. The van der Waals surface area contributed by atoms with E-state index in [4.69, 9.17) is 13.3 Å². The molecule has 0 atom stereocenters. The van der Waals surface area contributed by atoms with Gasteiger partial charge in [-0.05, 0) is 0 Å². The van der Waals surface area contributed by atoms with E-state index in [0.717, 1.165) is 0 Å². The minimum atomic E-state index is -2.61. The van der Waals surface area contributed by atoms with Crippen molar-refractivity contribution < 1.29 is 13.3 Å². The monoisotopic (exact) mass is 162 g/mol. The Morgan fingerprint density at radius 1 is 1.56 bits per heavy atom. The van der Waals surface area contributed by atoms with Gasteiger partial charge >= 0.3 is 51.4 Å². The summed E-state index contributed by atoms with van der Waals surface area (Å²) >= 11 is -1.21. The molecule has 0 heterocycles. The van der Waals surface area contributed by atoms with Gasteiger partial charge in [0.2, 0.25) is 0 Å². The van der Waals surface area contributed by atoms with Crippen LogP contribution in [0.4, 0.5) is 0 Å². The van der Waals surface area contributed by atoms with E-state index >= 15 is 0 Å². The van der Waals surface area contributed by atoms with Gasteiger partial charge in [-0.15, -0.1) is 0 Å². The van der Waals surface area contributed by atoms with Crippen molar-refractivity contribution in [2.75, 3.05) is 0 Å². The average molecular weight is 162 g/mol. The molecule has 0 rings (SSSR count). The molecule has 0 radical (unpaired) electrons. The van der Waals surface area contributed by atoms with Gasteiger partial charge < -0.3 is 0 Å². The van der Waals surface area contributed by atoms with Crippen LogP contribution in [0, 0.1) is 0 Å². The smallest absolute Gasteiger partial charge is 0.284 e. The third-order valence-electron chi connectivity index (χ3n) is 0.707. The van der Waals surface area contributed by atoms with Crippen LogP contribution < -0.4 is 0 Å². The molecule has 0 bridgehead atoms. The maximum absolute atomic E-state index is 8.67. The minimum absolute atomic E-state index is 1.38. The molecular weight excluding hydrogens is 151 g/mol. The number of hydrogen-bond acceptors (Lipinski definition) is 1. The predicted molar refractivity (Wildman–Crippen MR) is 38.9 cm³/mol. The van der Waals surface area contributed by atoms with Crippen molar-refractivity contribution in [1.29, 1.82) is 0 Å². The molecule has 3 nitrogen and oxygen atoms in total. The van der Waals surface area contributed by atoms with Crippen molar-refractivity contribution in [2.24, 2.45) is 0 Å². The molecule has 0 aromatic rings. The molecule has 2 N–H and O–H groups in total. The Kier molecular flexibility index (Phi) is 16.7. The van der Waals surface area contributed by atoms with E-state index in [0.29, 0.717) is 0 Å². The summed E-state index contributed by atoms with van der Waals surface area (Å²) in [7, 11) is 0. The molecule has 0 aliphatic rings. The first kappa shape index (κ1) is 12.7. The molecular formula is C4H11NaO3S. The summed E-state index contributed by atoms with van der Waals surface area (Å²) in [5.41, 5.74) is 0. The van der Waals surface area contributed by atoms with E-state index in [9.17, 15) is 0 Å². The van der Waals surface area contributed by atoms with Crippen molar-refractivity contribution in [3.05, 3.63) is 0 Å². The number of rotatable bonds is 2. The van der Waals surface area contributed by atoms with Gasteiger partial charge in [-0.2, -0.15) is 4.21 Å². The van der Waals surface area contributed by atoms with Crippen LogP contribution in [-0.2, 0) is 11.4 Å². The van der Waals surface area contributed by atoms with Gasteiger partial charge in [-0.3, -0.25) is 9.11 Å². The van der Waals surface area contributed by atoms with E-state index in [1.807, 2.05) is 0 Å². The SMILES string of the molecule is CCC[CH2][Na].O=S(O)O. The fourth-order valence-corrected chi connectivity index (χ4v) is 1.06. The molecule has 0 aromatic carbocycles. The molecule has 5 heteroatoms. The van der Waals surface area contributed by atoms with E-state index in [1.54, 1.807) is 0 Å². The molecule has 0 amide bonds. The molecule has 0 aliphatic carbocycles. The zero-order chi connectivity index (χ0) is 7.70. The van der Waals surface area contributed by atoms with Gasteiger partial charge in [0.05, 0.1) is 0 Å². The Bertz CT molecular complexity index is 62.8. The zero-order valence-corrected chi connectivity index (χ0v) is 8.65. The average Bonchev–Trinajstić information content (AvgIpc) is 1.66. The molecule has 0 aliphatic heterocycles. The standard InChI is InChI=1S/C4H9.Na.H2O3S/c1-3-4-2;;1-4(2)3/h1,3-4H2,2H3;;(H2,1,2,3). The van der Waals surface area contributed by atoms with Crippen LogP contribution in [0.1, 0.15) is 19.8 Å². The molecule has 9 heavy (non-hydrogen) atoms. The quantitative estimate of drug-likeness (QED) is 0.471. The maximum atomic E-state index is 8.67. The number of hydrogen-bond donors (Lipinski definition) is 2. The summed E-state index contributed by atoms with van der Waals surface area (Å²) in [6, 6.07) is 0. The first-order chi connectivity index (χ1) is 4.15. The van der Waals surface area contributed by atoms with Crippen molar-refractivity contribution >= 4 is 39.3 Å².